The third-order valence-electron chi connectivity index (χ3n) is 5.85. The van der Waals surface area contributed by atoms with Gasteiger partial charge in [-0.25, -0.2) is 4.39 Å². The molecule has 0 nitrogen and oxygen atoms in total. The topological polar surface area (TPSA) is 0 Å². The maximum absolute atomic E-state index is 14.2. The van der Waals surface area contributed by atoms with Gasteiger partial charge in [-0.05, 0) is 96.5 Å². The minimum atomic E-state index is -0.0931. The summed E-state index contributed by atoms with van der Waals surface area (Å²) < 4.78 is 14.2. The maximum Gasteiger partial charge on any atom is 0.123 e. The van der Waals surface area contributed by atoms with E-state index in [2.05, 4.69) is 33.8 Å². The van der Waals surface area contributed by atoms with Crippen molar-refractivity contribution in [2.45, 2.75) is 105 Å². The van der Waals surface area contributed by atoms with Crippen LogP contribution in [0.2, 0.25) is 0 Å². The molecule has 0 aliphatic heterocycles. The highest BCUT2D eigenvalue weighted by Gasteiger charge is 2.19. The molecule has 2 rings (SSSR count). The van der Waals surface area contributed by atoms with E-state index in [1.807, 2.05) is 6.07 Å². The summed E-state index contributed by atoms with van der Waals surface area (Å²) >= 11 is 0. The van der Waals surface area contributed by atoms with Gasteiger partial charge in [-0.3, -0.25) is 0 Å². The van der Waals surface area contributed by atoms with Crippen LogP contribution in [-0.4, -0.2) is 0 Å². The van der Waals surface area contributed by atoms with Crippen LogP contribution in [0.15, 0.2) is 18.2 Å². The van der Waals surface area contributed by atoms with Crippen LogP contribution in [0, 0.1) is 5.82 Å². The summed E-state index contributed by atoms with van der Waals surface area (Å²) in [6.07, 6.45) is 14.3. The quantitative estimate of drug-likeness (QED) is 0.352. The first kappa shape index (κ1) is 21.9. The van der Waals surface area contributed by atoms with Crippen LogP contribution >= 0.6 is 0 Å². The molecule has 0 aliphatic carbocycles. The number of fused-ring (bicyclic) bond motifs is 1. The van der Waals surface area contributed by atoms with Crippen LogP contribution in [0.1, 0.15) is 101 Å². The summed E-state index contributed by atoms with van der Waals surface area (Å²) in [5.74, 6) is -0.0931. The van der Waals surface area contributed by atoms with Gasteiger partial charge >= 0.3 is 0 Å². The highest BCUT2D eigenvalue weighted by Crippen LogP contribution is 2.35. The van der Waals surface area contributed by atoms with E-state index in [4.69, 9.17) is 0 Å². The predicted molar refractivity (Wildman–Crippen MR) is 118 cm³/mol. The molecule has 0 aliphatic rings. The predicted octanol–water partition coefficient (Wildman–Crippen LogP) is 8.35. The Morgan fingerprint density at radius 2 is 0.963 bits per heavy atom. The summed E-state index contributed by atoms with van der Waals surface area (Å²) in [5.41, 5.74) is 6.16. The molecule has 0 fully saturated rings. The Bertz CT molecular complexity index is 714. The number of hydrogen-bond acceptors (Lipinski definition) is 0. The van der Waals surface area contributed by atoms with Crippen molar-refractivity contribution in [3.63, 3.8) is 0 Å². The minimum absolute atomic E-state index is 0.0931. The monoisotopic (exact) mass is 370 g/mol. The fourth-order valence-electron chi connectivity index (χ4n) is 4.31. The summed E-state index contributed by atoms with van der Waals surface area (Å²) in [7, 11) is 0. The van der Waals surface area contributed by atoms with Crippen LogP contribution in [0.25, 0.3) is 10.8 Å². The second kappa shape index (κ2) is 11.5. The Labute approximate surface area is 166 Å². The summed E-state index contributed by atoms with van der Waals surface area (Å²) in [5, 5.41) is 2.52. The van der Waals surface area contributed by atoms with Gasteiger partial charge in [0.1, 0.15) is 5.82 Å². The van der Waals surface area contributed by atoms with E-state index in [0.717, 1.165) is 19.3 Å². The molecule has 1 heteroatoms. The fraction of sp³-hybridized carbons (Fsp3) is 0.615. The number of aryl methyl sites for hydroxylation is 2. The second-order valence-corrected chi connectivity index (χ2v) is 8.02. The average Bonchev–Trinajstić information content (AvgIpc) is 2.68. The van der Waals surface area contributed by atoms with E-state index < -0.39 is 0 Å². The highest BCUT2D eigenvalue weighted by atomic mass is 19.1. The molecule has 0 spiro atoms. The van der Waals surface area contributed by atoms with Gasteiger partial charge in [0, 0.05) is 0 Å². The minimum Gasteiger partial charge on any atom is -0.207 e. The Morgan fingerprint density at radius 1 is 0.556 bits per heavy atom. The van der Waals surface area contributed by atoms with Crippen molar-refractivity contribution in [2.24, 2.45) is 0 Å². The normalized spacial score (nSPS) is 11.4. The Hall–Kier alpha value is -1.37. The van der Waals surface area contributed by atoms with Crippen LogP contribution in [0.5, 0.6) is 0 Å². The molecule has 0 bridgehead atoms. The molecular weight excluding hydrogens is 331 g/mol. The highest BCUT2D eigenvalue weighted by molar-refractivity contribution is 5.91. The Kier molecular flexibility index (Phi) is 9.31. The first-order valence-electron chi connectivity index (χ1n) is 11.4. The lowest BCUT2D eigenvalue weighted by molar-refractivity contribution is 0.629. The van der Waals surface area contributed by atoms with E-state index in [9.17, 15) is 4.39 Å². The molecule has 150 valence electrons. The maximum atomic E-state index is 14.2. The second-order valence-electron chi connectivity index (χ2n) is 8.02. The number of hydrogen-bond donors (Lipinski definition) is 0. The van der Waals surface area contributed by atoms with E-state index in [-0.39, 0.29) is 5.82 Å². The lowest BCUT2D eigenvalue weighted by Gasteiger charge is -2.23. The SMILES string of the molecule is CCCCc1c(CCCC)c(CCCC)c2cc(F)ccc2c1CCCC. The van der Waals surface area contributed by atoms with Gasteiger partial charge in [0.15, 0.2) is 0 Å². The molecule has 2 aromatic carbocycles. The van der Waals surface area contributed by atoms with Crippen LogP contribution in [0.3, 0.4) is 0 Å². The van der Waals surface area contributed by atoms with Crippen LogP contribution in [0.4, 0.5) is 4.39 Å². The molecule has 0 N–H and O–H groups in total. The molecule has 0 saturated carbocycles. The van der Waals surface area contributed by atoms with Crippen molar-refractivity contribution in [3.05, 3.63) is 46.3 Å². The van der Waals surface area contributed by atoms with Gasteiger partial charge in [0.2, 0.25) is 0 Å². The van der Waals surface area contributed by atoms with Gasteiger partial charge < -0.3 is 0 Å². The van der Waals surface area contributed by atoms with Gasteiger partial charge in [0.25, 0.3) is 0 Å². The van der Waals surface area contributed by atoms with Gasteiger partial charge in [-0.2, -0.15) is 0 Å². The zero-order valence-electron chi connectivity index (χ0n) is 18.1. The van der Waals surface area contributed by atoms with Crippen molar-refractivity contribution in [2.75, 3.05) is 0 Å². The molecule has 2 aromatic rings. The molecule has 0 aromatic heterocycles. The summed E-state index contributed by atoms with van der Waals surface area (Å²) in [6, 6.07) is 5.54. The van der Waals surface area contributed by atoms with Crippen LogP contribution in [-0.2, 0) is 25.7 Å². The molecule has 0 atom stereocenters. The molecule has 27 heavy (non-hydrogen) atoms. The molecule has 0 radical (unpaired) electrons. The van der Waals surface area contributed by atoms with Crippen molar-refractivity contribution in [1.82, 2.24) is 0 Å². The Balaban J connectivity index is 2.75. The van der Waals surface area contributed by atoms with Crippen molar-refractivity contribution >= 4 is 10.8 Å². The average molecular weight is 371 g/mol. The van der Waals surface area contributed by atoms with Crippen molar-refractivity contribution in [3.8, 4) is 0 Å². The van der Waals surface area contributed by atoms with E-state index >= 15 is 0 Å². The lowest BCUT2D eigenvalue weighted by atomic mass is 9.81. The first-order chi connectivity index (χ1) is 13.2. The van der Waals surface area contributed by atoms with Gasteiger partial charge in [-0.15, -0.1) is 0 Å². The molecule has 0 saturated heterocycles. The third kappa shape index (κ3) is 5.56. The largest absolute Gasteiger partial charge is 0.207 e. The molecule has 0 unspecified atom stereocenters. The zero-order valence-corrected chi connectivity index (χ0v) is 18.1. The van der Waals surface area contributed by atoms with E-state index in [1.54, 1.807) is 17.2 Å². The van der Waals surface area contributed by atoms with Gasteiger partial charge in [0.05, 0.1) is 0 Å². The number of halogens is 1. The third-order valence-corrected chi connectivity index (χ3v) is 5.85. The van der Waals surface area contributed by atoms with E-state index in [1.165, 1.54) is 79.7 Å². The molecule has 0 heterocycles. The zero-order chi connectivity index (χ0) is 19.6. The summed E-state index contributed by atoms with van der Waals surface area (Å²) in [6.45, 7) is 9.07. The number of benzene rings is 2. The Morgan fingerprint density at radius 3 is 1.41 bits per heavy atom. The number of rotatable bonds is 12. The molecular formula is C26H39F. The van der Waals surface area contributed by atoms with Crippen molar-refractivity contribution < 1.29 is 4.39 Å². The lowest BCUT2D eigenvalue weighted by Crippen LogP contribution is -2.08. The standard InChI is InChI=1S/C26H39F/c1-5-9-13-21-22(14-10-6-2)24(16-12-8-4)26-19-20(27)17-18-25(26)23(21)15-11-7-3/h17-19H,5-16H2,1-4H3. The van der Waals surface area contributed by atoms with Crippen molar-refractivity contribution in [1.29, 1.82) is 0 Å². The summed E-state index contributed by atoms with van der Waals surface area (Å²) in [4.78, 5) is 0. The first-order valence-corrected chi connectivity index (χ1v) is 11.4. The number of unbranched alkanes of at least 4 members (excludes halogenated alkanes) is 4. The molecule has 0 amide bonds. The smallest absolute Gasteiger partial charge is 0.123 e. The van der Waals surface area contributed by atoms with E-state index in [0.29, 0.717) is 0 Å². The van der Waals surface area contributed by atoms with Gasteiger partial charge in [-0.1, -0.05) is 59.4 Å². The van der Waals surface area contributed by atoms with Crippen LogP contribution < -0.4 is 0 Å². The fourth-order valence-corrected chi connectivity index (χ4v) is 4.31.